The summed E-state index contributed by atoms with van der Waals surface area (Å²) in [5.74, 6) is -1.53. The van der Waals surface area contributed by atoms with E-state index in [1.165, 1.54) is 30.5 Å². The molecule has 1 unspecified atom stereocenters. The molecular formula is C28H23BrN4O4. The zero-order valence-corrected chi connectivity index (χ0v) is 21.1. The first-order valence-electron chi connectivity index (χ1n) is 11.3. The second-order valence-corrected chi connectivity index (χ2v) is 9.11. The highest BCUT2D eigenvalue weighted by molar-refractivity contribution is 9.10. The number of carbonyl (C=O) groups excluding carboxylic acids is 3. The summed E-state index contributed by atoms with van der Waals surface area (Å²) in [6.07, 6.45) is 3.24. The summed E-state index contributed by atoms with van der Waals surface area (Å²) in [6.45, 7) is 0. The molecular weight excluding hydrogens is 536 g/mol. The molecule has 9 heteroatoms. The predicted octanol–water partition coefficient (Wildman–Crippen LogP) is 4.61. The van der Waals surface area contributed by atoms with E-state index in [4.69, 9.17) is 5.21 Å². The van der Waals surface area contributed by atoms with E-state index in [0.29, 0.717) is 15.7 Å². The minimum atomic E-state index is -0.894. The van der Waals surface area contributed by atoms with Crippen molar-refractivity contribution in [2.75, 3.05) is 5.32 Å². The smallest absolute Gasteiger partial charge is 0.274 e. The first kappa shape index (κ1) is 25.7. The van der Waals surface area contributed by atoms with Gasteiger partial charge >= 0.3 is 0 Å². The lowest BCUT2D eigenvalue weighted by atomic mass is 10.00. The summed E-state index contributed by atoms with van der Waals surface area (Å²) < 4.78 is 0.643. The number of nitrogens with one attached hydrogen (secondary N) is 3. The molecule has 4 aromatic rings. The van der Waals surface area contributed by atoms with Gasteiger partial charge in [0.05, 0.1) is 5.56 Å². The van der Waals surface area contributed by atoms with Gasteiger partial charge in [0.2, 0.25) is 5.91 Å². The summed E-state index contributed by atoms with van der Waals surface area (Å²) in [6, 6.07) is 24.5. The number of hydrogen-bond acceptors (Lipinski definition) is 5. The van der Waals surface area contributed by atoms with Crippen molar-refractivity contribution in [3.8, 4) is 11.1 Å². The van der Waals surface area contributed by atoms with E-state index in [9.17, 15) is 14.4 Å². The number of halogens is 1. The summed E-state index contributed by atoms with van der Waals surface area (Å²) in [5.41, 5.74) is 5.52. The van der Waals surface area contributed by atoms with Crippen molar-refractivity contribution in [2.45, 2.75) is 12.5 Å². The van der Waals surface area contributed by atoms with Crippen LogP contribution >= 0.6 is 15.9 Å². The van der Waals surface area contributed by atoms with Crippen LogP contribution in [0, 0.1) is 0 Å². The maximum Gasteiger partial charge on any atom is 0.274 e. The fourth-order valence-corrected chi connectivity index (χ4v) is 4.05. The van der Waals surface area contributed by atoms with E-state index in [-0.39, 0.29) is 12.0 Å². The zero-order chi connectivity index (χ0) is 26.2. The van der Waals surface area contributed by atoms with Gasteiger partial charge in [-0.3, -0.25) is 24.6 Å². The molecule has 8 nitrogen and oxygen atoms in total. The molecule has 0 aliphatic rings. The van der Waals surface area contributed by atoms with Gasteiger partial charge in [0.15, 0.2) is 0 Å². The van der Waals surface area contributed by atoms with Crippen molar-refractivity contribution in [3.63, 3.8) is 0 Å². The molecule has 1 heterocycles. The number of carbonyl (C=O) groups is 3. The topological polar surface area (TPSA) is 120 Å². The maximum absolute atomic E-state index is 13.2. The molecule has 37 heavy (non-hydrogen) atoms. The van der Waals surface area contributed by atoms with Crippen molar-refractivity contribution in [1.29, 1.82) is 0 Å². The molecule has 0 saturated heterocycles. The van der Waals surface area contributed by atoms with Gasteiger partial charge in [0.1, 0.15) is 6.04 Å². The van der Waals surface area contributed by atoms with Crippen molar-refractivity contribution in [2.24, 2.45) is 0 Å². The van der Waals surface area contributed by atoms with Gasteiger partial charge in [-0.05, 0) is 63.0 Å². The van der Waals surface area contributed by atoms with Crippen molar-refractivity contribution >= 4 is 39.3 Å². The van der Waals surface area contributed by atoms with Crippen molar-refractivity contribution in [3.05, 3.63) is 118 Å². The minimum absolute atomic E-state index is 0.228. The number of aromatic nitrogens is 1. The third-order valence-corrected chi connectivity index (χ3v) is 6.04. The van der Waals surface area contributed by atoms with Crippen LogP contribution in [0.3, 0.4) is 0 Å². The molecule has 4 rings (SSSR count). The molecule has 0 aliphatic heterocycles. The Morgan fingerprint density at radius 3 is 2.14 bits per heavy atom. The molecule has 0 aliphatic carbocycles. The average Bonchev–Trinajstić information content (AvgIpc) is 2.93. The van der Waals surface area contributed by atoms with Crippen molar-refractivity contribution < 1.29 is 19.6 Å². The van der Waals surface area contributed by atoms with Crippen LogP contribution in [0.5, 0.6) is 0 Å². The Morgan fingerprint density at radius 2 is 1.49 bits per heavy atom. The molecule has 1 atom stereocenters. The van der Waals surface area contributed by atoms with E-state index in [1.54, 1.807) is 17.7 Å². The summed E-state index contributed by atoms with van der Waals surface area (Å²) in [5, 5.41) is 14.4. The number of nitrogens with zero attached hydrogens (tertiary/aromatic N) is 1. The van der Waals surface area contributed by atoms with Crippen LogP contribution in [0.15, 0.2) is 102 Å². The Balaban J connectivity index is 1.53. The highest BCUT2D eigenvalue weighted by Crippen LogP contribution is 2.20. The lowest BCUT2D eigenvalue weighted by Gasteiger charge is -2.19. The summed E-state index contributed by atoms with van der Waals surface area (Å²) in [7, 11) is 0. The Morgan fingerprint density at radius 1 is 0.811 bits per heavy atom. The second-order valence-electron chi connectivity index (χ2n) is 8.19. The van der Waals surface area contributed by atoms with Crippen LogP contribution in [0.25, 0.3) is 11.1 Å². The van der Waals surface area contributed by atoms with Crippen LogP contribution in [0.1, 0.15) is 26.3 Å². The lowest BCUT2D eigenvalue weighted by molar-refractivity contribution is -0.118. The molecule has 0 spiro atoms. The number of benzene rings is 3. The number of hydrogen-bond donors (Lipinski definition) is 4. The number of amides is 3. The molecule has 0 saturated carbocycles. The molecule has 4 N–H and O–H groups in total. The van der Waals surface area contributed by atoms with E-state index < -0.39 is 23.8 Å². The predicted molar refractivity (Wildman–Crippen MR) is 143 cm³/mol. The molecule has 1 aromatic heterocycles. The van der Waals surface area contributed by atoms with Gasteiger partial charge in [-0.2, -0.15) is 0 Å². The number of anilines is 1. The van der Waals surface area contributed by atoms with Crippen LogP contribution in [-0.2, 0) is 11.2 Å². The minimum Gasteiger partial charge on any atom is -0.340 e. The SMILES string of the molecule is O=C(NO)c1ccc(NC(=O)C(Cc2ccc(-c3ccccc3)cc2)NC(=O)c2cncc(Br)c2)cc1. The Labute approximate surface area is 221 Å². The van der Waals surface area contributed by atoms with Gasteiger partial charge < -0.3 is 10.6 Å². The fourth-order valence-electron chi connectivity index (χ4n) is 3.69. The van der Waals surface area contributed by atoms with Gasteiger partial charge in [0, 0.05) is 34.5 Å². The van der Waals surface area contributed by atoms with E-state index >= 15 is 0 Å². The quantitative estimate of drug-likeness (QED) is 0.186. The molecule has 0 radical (unpaired) electrons. The standard InChI is InChI=1S/C28H23BrN4O4/c29-23-15-22(16-30-17-23)26(34)32-25(28(36)31-24-12-10-21(11-13-24)27(35)33-37)14-18-6-8-20(9-7-18)19-4-2-1-3-5-19/h1-13,15-17,25,37H,14H2,(H,31,36)(H,32,34)(H,33,35). The van der Waals surface area contributed by atoms with E-state index in [2.05, 4.69) is 31.5 Å². The fraction of sp³-hybridized carbons (Fsp3) is 0.0714. The van der Waals surface area contributed by atoms with Gasteiger partial charge in [-0.15, -0.1) is 0 Å². The van der Waals surface area contributed by atoms with E-state index in [0.717, 1.165) is 16.7 Å². The van der Waals surface area contributed by atoms with Gasteiger partial charge in [-0.25, -0.2) is 5.48 Å². The van der Waals surface area contributed by atoms with Crippen LogP contribution in [0.4, 0.5) is 5.69 Å². The number of pyridine rings is 1. The normalized spacial score (nSPS) is 11.3. The molecule has 3 amide bonds. The highest BCUT2D eigenvalue weighted by atomic mass is 79.9. The first-order chi connectivity index (χ1) is 17.9. The summed E-state index contributed by atoms with van der Waals surface area (Å²) in [4.78, 5) is 41.7. The van der Waals surface area contributed by atoms with Crippen LogP contribution in [0.2, 0.25) is 0 Å². The van der Waals surface area contributed by atoms with Gasteiger partial charge in [-0.1, -0.05) is 54.6 Å². The molecule has 0 bridgehead atoms. The Hall–Kier alpha value is -4.34. The first-order valence-corrected chi connectivity index (χ1v) is 12.1. The van der Waals surface area contributed by atoms with E-state index in [1.807, 2.05) is 54.6 Å². The third-order valence-electron chi connectivity index (χ3n) is 5.61. The zero-order valence-electron chi connectivity index (χ0n) is 19.5. The van der Waals surface area contributed by atoms with Crippen LogP contribution in [-0.4, -0.2) is 34.0 Å². The Bertz CT molecular complexity index is 1390. The third kappa shape index (κ3) is 6.87. The molecule has 186 valence electrons. The van der Waals surface area contributed by atoms with Gasteiger partial charge in [0.25, 0.3) is 11.8 Å². The molecule has 0 fully saturated rings. The molecule has 3 aromatic carbocycles. The second kappa shape index (κ2) is 12.1. The largest absolute Gasteiger partial charge is 0.340 e. The maximum atomic E-state index is 13.2. The number of rotatable bonds is 8. The monoisotopic (exact) mass is 558 g/mol. The highest BCUT2D eigenvalue weighted by Gasteiger charge is 2.23. The van der Waals surface area contributed by atoms with Crippen molar-refractivity contribution in [1.82, 2.24) is 15.8 Å². The Kier molecular flexibility index (Phi) is 8.40. The average molecular weight is 559 g/mol. The lowest BCUT2D eigenvalue weighted by Crippen LogP contribution is -2.45. The van der Waals surface area contributed by atoms with Crippen LogP contribution < -0.4 is 16.1 Å². The summed E-state index contributed by atoms with van der Waals surface area (Å²) >= 11 is 3.30. The number of hydroxylamine groups is 1.